The molecule has 116 valence electrons. The lowest BCUT2D eigenvalue weighted by molar-refractivity contribution is -0.384. The zero-order chi connectivity index (χ0) is 15.8. The Kier molecular flexibility index (Phi) is 6.61. The maximum atomic E-state index is 10.9. The van der Waals surface area contributed by atoms with Gasteiger partial charge in [-0.1, -0.05) is 13.8 Å². The van der Waals surface area contributed by atoms with Gasteiger partial charge >= 0.3 is 5.97 Å². The fraction of sp³-hybridized carbons (Fsp3) is 0.500. The van der Waals surface area contributed by atoms with Crippen LogP contribution in [0.1, 0.15) is 30.6 Å². The largest absolute Gasteiger partial charge is 0.478 e. The number of rotatable bonds is 9. The minimum atomic E-state index is -1.12. The number of carbonyl (C=O) groups is 1. The van der Waals surface area contributed by atoms with Crippen molar-refractivity contribution < 1.29 is 19.6 Å². The molecule has 0 aromatic heterocycles. The van der Waals surface area contributed by atoms with Crippen LogP contribution in [0.3, 0.4) is 0 Å². The first-order valence-electron chi connectivity index (χ1n) is 6.75. The smallest absolute Gasteiger partial charge is 0.335 e. The summed E-state index contributed by atoms with van der Waals surface area (Å²) >= 11 is 0. The van der Waals surface area contributed by atoms with Crippen molar-refractivity contribution >= 4 is 17.3 Å². The van der Waals surface area contributed by atoms with Crippen LogP contribution in [0.5, 0.6) is 0 Å². The maximum Gasteiger partial charge on any atom is 0.335 e. The molecule has 0 atom stereocenters. The summed E-state index contributed by atoms with van der Waals surface area (Å²) in [5.74, 6) is -0.653. The second kappa shape index (κ2) is 8.21. The van der Waals surface area contributed by atoms with Crippen molar-refractivity contribution in [3.05, 3.63) is 33.9 Å². The Morgan fingerprint density at radius 1 is 1.48 bits per heavy atom. The van der Waals surface area contributed by atoms with Crippen molar-refractivity contribution in [1.29, 1.82) is 0 Å². The molecule has 0 bridgehead atoms. The zero-order valence-electron chi connectivity index (χ0n) is 12.2. The quantitative estimate of drug-likeness (QED) is 0.413. The first-order valence-corrected chi connectivity index (χ1v) is 6.75. The topological polar surface area (TPSA) is 102 Å². The van der Waals surface area contributed by atoms with Crippen molar-refractivity contribution in [1.82, 2.24) is 0 Å². The van der Waals surface area contributed by atoms with Crippen LogP contribution in [-0.4, -0.2) is 35.8 Å². The first kappa shape index (κ1) is 16.9. The number of aromatic carboxylic acids is 1. The number of nitrogens with zero attached hydrogens (tertiary/aromatic N) is 1. The lowest BCUT2D eigenvalue weighted by Crippen LogP contribution is -2.10. The second-order valence-electron chi connectivity index (χ2n) is 5.04. The number of carboxylic acids is 1. The van der Waals surface area contributed by atoms with Crippen molar-refractivity contribution in [2.75, 3.05) is 25.1 Å². The van der Waals surface area contributed by atoms with Gasteiger partial charge in [0.15, 0.2) is 0 Å². The van der Waals surface area contributed by atoms with Gasteiger partial charge in [-0.15, -0.1) is 0 Å². The number of nitrogens with one attached hydrogen (secondary N) is 1. The van der Waals surface area contributed by atoms with E-state index in [9.17, 15) is 14.9 Å². The summed E-state index contributed by atoms with van der Waals surface area (Å²) in [6.45, 7) is 5.81. The summed E-state index contributed by atoms with van der Waals surface area (Å²) in [5, 5.41) is 22.7. The van der Waals surface area contributed by atoms with Crippen molar-refractivity contribution in [2.45, 2.75) is 20.3 Å². The fourth-order valence-electron chi connectivity index (χ4n) is 1.69. The molecular weight excluding hydrogens is 276 g/mol. The normalized spacial score (nSPS) is 10.6. The average molecular weight is 296 g/mol. The number of benzene rings is 1. The van der Waals surface area contributed by atoms with E-state index in [0.29, 0.717) is 32.1 Å². The molecule has 2 N–H and O–H groups in total. The van der Waals surface area contributed by atoms with Crippen LogP contribution >= 0.6 is 0 Å². The first-order chi connectivity index (χ1) is 9.91. The number of ether oxygens (including phenoxy) is 1. The Morgan fingerprint density at radius 3 is 2.76 bits per heavy atom. The summed E-state index contributed by atoms with van der Waals surface area (Å²) < 4.78 is 5.40. The van der Waals surface area contributed by atoms with Crippen molar-refractivity contribution in [2.24, 2.45) is 5.92 Å². The fourth-order valence-corrected chi connectivity index (χ4v) is 1.69. The number of nitro benzene ring substituents is 1. The van der Waals surface area contributed by atoms with Crippen LogP contribution < -0.4 is 5.32 Å². The molecule has 0 saturated carbocycles. The molecule has 7 nitrogen and oxygen atoms in total. The molecular formula is C14H20N2O5. The van der Waals surface area contributed by atoms with Gasteiger partial charge in [0.2, 0.25) is 0 Å². The van der Waals surface area contributed by atoms with Gasteiger partial charge in [-0.25, -0.2) is 4.79 Å². The lowest BCUT2D eigenvalue weighted by Gasteiger charge is -2.09. The maximum absolute atomic E-state index is 10.9. The Labute approximate surface area is 123 Å². The number of carboxylic acid groups (broad SMARTS) is 1. The molecule has 1 aromatic rings. The molecule has 0 spiro atoms. The van der Waals surface area contributed by atoms with Crippen LogP contribution in [0.2, 0.25) is 0 Å². The molecule has 21 heavy (non-hydrogen) atoms. The van der Waals surface area contributed by atoms with Crippen molar-refractivity contribution in [3.8, 4) is 0 Å². The summed E-state index contributed by atoms with van der Waals surface area (Å²) in [5.41, 5.74) is 0.0889. The van der Waals surface area contributed by atoms with E-state index in [0.717, 1.165) is 0 Å². The highest BCUT2D eigenvalue weighted by Gasteiger charge is 2.16. The highest BCUT2D eigenvalue weighted by Crippen LogP contribution is 2.25. The van der Waals surface area contributed by atoms with Gasteiger partial charge in [-0.05, 0) is 24.5 Å². The molecule has 0 fully saturated rings. The van der Waals surface area contributed by atoms with E-state index in [1.807, 2.05) is 0 Å². The minimum Gasteiger partial charge on any atom is -0.478 e. The molecule has 0 radical (unpaired) electrons. The van der Waals surface area contributed by atoms with Gasteiger partial charge in [0.1, 0.15) is 5.69 Å². The van der Waals surface area contributed by atoms with Gasteiger partial charge in [0.05, 0.1) is 10.5 Å². The summed E-state index contributed by atoms with van der Waals surface area (Å²) in [6.07, 6.45) is 0.682. The van der Waals surface area contributed by atoms with E-state index < -0.39 is 10.9 Å². The van der Waals surface area contributed by atoms with Gasteiger partial charge < -0.3 is 15.2 Å². The molecule has 1 rings (SSSR count). The van der Waals surface area contributed by atoms with E-state index in [1.165, 1.54) is 18.2 Å². The van der Waals surface area contributed by atoms with Gasteiger partial charge in [-0.2, -0.15) is 0 Å². The van der Waals surface area contributed by atoms with Gasteiger partial charge in [0, 0.05) is 25.8 Å². The molecule has 0 aliphatic rings. The number of hydrogen-bond donors (Lipinski definition) is 2. The SMILES string of the molecule is CC(C)COCCCNc1cc(C(=O)O)ccc1[N+](=O)[O-]. The zero-order valence-corrected chi connectivity index (χ0v) is 12.2. The monoisotopic (exact) mass is 296 g/mol. The minimum absolute atomic E-state index is 0.0131. The third-order valence-electron chi connectivity index (χ3n) is 2.67. The Balaban J connectivity index is 2.57. The highest BCUT2D eigenvalue weighted by atomic mass is 16.6. The van der Waals surface area contributed by atoms with Gasteiger partial charge in [-0.3, -0.25) is 10.1 Å². The Hall–Kier alpha value is -2.15. The summed E-state index contributed by atoms with van der Waals surface area (Å²) in [4.78, 5) is 21.3. The standard InChI is InChI=1S/C14H20N2O5/c1-10(2)9-21-7-3-6-15-12-8-11(14(17)18)4-5-13(12)16(19)20/h4-5,8,10,15H,3,6-7,9H2,1-2H3,(H,17,18). The second-order valence-corrected chi connectivity index (χ2v) is 5.04. The molecule has 0 heterocycles. The number of nitro groups is 1. The highest BCUT2D eigenvalue weighted by molar-refractivity contribution is 5.90. The molecule has 0 amide bonds. The third-order valence-corrected chi connectivity index (χ3v) is 2.67. The van der Waals surface area contributed by atoms with E-state index in [-0.39, 0.29) is 16.9 Å². The molecule has 1 aromatic carbocycles. The molecule has 0 aliphatic carbocycles. The van der Waals surface area contributed by atoms with Crippen LogP contribution in [-0.2, 0) is 4.74 Å². The van der Waals surface area contributed by atoms with Crippen LogP contribution in [0.25, 0.3) is 0 Å². The summed E-state index contributed by atoms with van der Waals surface area (Å²) in [6, 6.07) is 3.69. The molecule has 7 heteroatoms. The van der Waals surface area contributed by atoms with Crippen LogP contribution in [0, 0.1) is 16.0 Å². The lowest BCUT2D eigenvalue weighted by atomic mass is 10.1. The number of anilines is 1. The Morgan fingerprint density at radius 2 is 2.19 bits per heavy atom. The van der Waals surface area contributed by atoms with Gasteiger partial charge in [0.25, 0.3) is 5.69 Å². The van der Waals surface area contributed by atoms with E-state index >= 15 is 0 Å². The predicted octanol–water partition coefficient (Wildman–Crippen LogP) is 2.77. The van der Waals surface area contributed by atoms with E-state index in [4.69, 9.17) is 9.84 Å². The Bertz CT molecular complexity index is 502. The average Bonchev–Trinajstić information content (AvgIpc) is 2.41. The van der Waals surface area contributed by atoms with Crippen LogP contribution in [0.15, 0.2) is 18.2 Å². The van der Waals surface area contributed by atoms with Crippen molar-refractivity contribution in [3.63, 3.8) is 0 Å². The molecule has 0 aliphatic heterocycles. The van der Waals surface area contributed by atoms with E-state index in [2.05, 4.69) is 19.2 Å². The molecule has 0 saturated heterocycles. The predicted molar refractivity (Wildman–Crippen MR) is 78.8 cm³/mol. The van der Waals surface area contributed by atoms with E-state index in [1.54, 1.807) is 0 Å². The summed E-state index contributed by atoms with van der Waals surface area (Å²) in [7, 11) is 0. The number of hydrogen-bond acceptors (Lipinski definition) is 5. The molecule has 0 unspecified atom stereocenters. The van der Waals surface area contributed by atoms with Crippen LogP contribution in [0.4, 0.5) is 11.4 Å². The third kappa shape index (κ3) is 5.78.